The van der Waals surface area contributed by atoms with Crippen LogP contribution in [0.5, 0.6) is 5.88 Å². The van der Waals surface area contributed by atoms with Gasteiger partial charge in [-0.1, -0.05) is 0 Å². The molecule has 0 spiro atoms. The standard InChI is InChI=1S/C11H17N5O/c1-16(8-2-3-8)4-5-17-10-7-14-9(6-15-10)11(12)13/h6-8H,2-5H2,1H3,(H3,12,13). The van der Waals surface area contributed by atoms with Gasteiger partial charge in [-0.2, -0.15) is 0 Å². The zero-order chi connectivity index (χ0) is 12.3. The van der Waals surface area contributed by atoms with E-state index < -0.39 is 0 Å². The minimum atomic E-state index is -0.0856. The number of nitrogen functional groups attached to an aromatic ring is 1. The van der Waals surface area contributed by atoms with Gasteiger partial charge in [0.05, 0.1) is 12.4 Å². The lowest BCUT2D eigenvalue weighted by molar-refractivity contribution is 0.226. The molecule has 92 valence electrons. The third-order valence-electron chi connectivity index (χ3n) is 2.77. The Morgan fingerprint density at radius 2 is 2.29 bits per heavy atom. The first-order chi connectivity index (χ1) is 8.16. The maximum absolute atomic E-state index is 7.18. The summed E-state index contributed by atoms with van der Waals surface area (Å²) in [6.45, 7) is 1.49. The van der Waals surface area contributed by atoms with Crippen molar-refractivity contribution in [3.63, 3.8) is 0 Å². The Bertz CT molecular complexity index is 387. The SMILES string of the molecule is CN(CCOc1cnc(C(=N)N)cn1)C1CC1. The Labute approximate surface area is 100 Å². The summed E-state index contributed by atoms with van der Waals surface area (Å²) in [6.07, 6.45) is 5.53. The Kier molecular flexibility index (Phi) is 3.53. The van der Waals surface area contributed by atoms with Crippen LogP contribution < -0.4 is 10.5 Å². The molecule has 2 rings (SSSR count). The molecule has 0 unspecified atom stereocenters. The van der Waals surface area contributed by atoms with Crippen LogP contribution in [0.3, 0.4) is 0 Å². The number of hydrogen-bond donors (Lipinski definition) is 2. The normalized spacial score (nSPS) is 14.9. The first-order valence-electron chi connectivity index (χ1n) is 5.66. The summed E-state index contributed by atoms with van der Waals surface area (Å²) in [7, 11) is 2.10. The van der Waals surface area contributed by atoms with E-state index in [4.69, 9.17) is 15.9 Å². The van der Waals surface area contributed by atoms with Crippen LogP contribution in [-0.4, -0.2) is 46.9 Å². The zero-order valence-corrected chi connectivity index (χ0v) is 9.89. The summed E-state index contributed by atoms with van der Waals surface area (Å²) in [5.41, 5.74) is 5.65. The molecule has 0 atom stereocenters. The lowest BCUT2D eigenvalue weighted by Crippen LogP contribution is -2.26. The van der Waals surface area contributed by atoms with Crippen molar-refractivity contribution in [3.05, 3.63) is 18.1 Å². The molecule has 3 N–H and O–H groups in total. The van der Waals surface area contributed by atoms with Crippen molar-refractivity contribution in [2.75, 3.05) is 20.2 Å². The third kappa shape index (κ3) is 3.39. The van der Waals surface area contributed by atoms with Crippen LogP contribution in [-0.2, 0) is 0 Å². The largest absolute Gasteiger partial charge is 0.475 e. The fourth-order valence-corrected chi connectivity index (χ4v) is 1.52. The number of hydrogen-bond acceptors (Lipinski definition) is 5. The van der Waals surface area contributed by atoms with Gasteiger partial charge in [0.25, 0.3) is 0 Å². The van der Waals surface area contributed by atoms with E-state index in [9.17, 15) is 0 Å². The molecule has 1 aliphatic rings. The molecule has 0 amide bonds. The second-order valence-electron chi connectivity index (χ2n) is 4.21. The Morgan fingerprint density at radius 3 is 2.82 bits per heavy atom. The fraction of sp³-hybridized carbons (Fsp3) is 0.545. The van der Waals surface area contributed by atoms with Crippen molar-refractivity contribution in [1.29, 1.82) is 5.41 Å². The number of nitrogens with zero attached hydrogens (tertiary/aromatic N) is 3. The summed E-state index contributed by atoms with van der Waals surface area (Å²) in [5.74, 6) is 0.386. The molecule has 0 aromatic carbocycles. The lowest BCUT2D eigenvalue weighted by atomic mass is 10.4. The van der Waals surface area contributed by atoms with Crippen molar-refractivity contribution in [3.8, 4) is 5.88 Å². The molecule has 0 saturated heterocycles. The first-order valence-corrected chi connectivity index (χ1v) is 5.66. The molecule has 6 heteroatoms. The van der Waals surface area contributed by atoms with Crippen LogP contribution >= 0.6 is 0 Å². The summed E-state index contributed by atoms with van der Waals surface area (Å²) in [5, 5.41) is 7.18. The molecule has 1 aliphatic carbocycles. The maximum atomic E-state index is 7.18. The second kappa shape index (κ2) is 5.09. The summed E-state index contributed by atoms with van der Waals surface area (Å²) in [4.78, 5) is 10.3. The smallest absolute Gasteiger partial charge is 0.232 e. The minimum Gasteiger partial charge on any atom is -0.475 e. The number of ether oxygens (including phenoxy) is 1. The maximum Gasteiger partial charge on any atom is 0.232 e. The molecule has 1 aromatic rings. The van der Waals surface area contributed by atoms with E-state index >= 15 is 0 Å². The predicted octanol–water partition coefficient (Wildman–Crippen LogP) is 0.234. The fourth-order valence-electron chi connectivity index (χ4n) is 1.52. The molecule has 1 fully saturated rings. The highest BCUT2D eigenvalue weighted by Gasteiger charge is 2.25. The molecule has 1 heterocycles. The summed E-state index contributed by atoms with van der Waals surface area (Å²) >= 11 is 0. The van der Waals surface area contributed by atoms with Gasteiger partial charge in [-0.3, -0.25) is 5.41 Å². The highest BCUT2D eigenvalue weighted by atomic mass is 16.5. The van der Waals surface area contributed by atoms with Gasteiger partial charge in [0.2, 0.25) is 5.88 Å². The summed E-state index contributed by atoms with van der Waals surface area (Å²) in [6, 6.07) is 0.741. The first kappa shape index (κ1) is 11.8. The van der Waals surface area contributed by atoms with Crippen molar-refractivity contribution in [1.82, 2.24) is 14.9 Å². The van der Waals surface area contributed by atoms with Crippen LogP contribution in [0.2, 0.25) is 0 Å². The molecule has 0 bridgehead atoms. The van der Waals surface area contributed by atoms with Crippen LogP contribution in [0, 0.1) is 5.41 Å². The Hall–Kier alpha value is -1.69. The van der Waals surface area contributed by atoms with Crippen LogP contribution in [0.15, 0.2) is 12.4 Å². The van der Waals surface area contributed by atoms with Crippen molar-refractivity contribution in [2.45, 2.75) is 18.9 Å². The number of aromatic nitrogens is 2. The number of rotatable bonds is 6. The van der Waals surface area contributed by atoms with Gasteiger partial charge in [0.1, 0.15) is 18.1 Å². The predicted molar refractivity (Wildman–Crippen MR) is 64.2 cm³/mol. The minimum absolute atomic E-state index is 0.0856. The van der Waals surface area contributed by atoms with Crippen molar-refractivity contribution in [2.24, 2.45) is 5.73 Å². The Morgan fingerprint density at radius 1 is 1.53 bits per heavy atom. The van der Waals surface area contributed by atoms with E-state index in [0.717, 1.165) is 12.6 Å². The van der Waals surface area contributed by atoms with E-state index in [1.165, 1.54) is 25.2 Å². The van der Waals surface area contributed by atoms with Gasteiger partial charge in [0.15, 0.2) is 0 Å². The second-order valence-corrected chi connectivity index (χ2v) is 4.21. The van der Waals surface area contributed by atoms with Crippen LogP contribution in [0.1, 0.15) is 18.5 Å². The molecule has 0 aliphatic heterocycles. The van der Waals surface area contributed by atoms with E-state index in [-0.39, 0.29) is 5.84 Å². The van der Waals surface area contributed by atoms with E-state index in [0.29, 0.717) is 18.2 Å². The van der Waals surface area contributed by atoms with Crippen LogP contribution in [0.25, 0.3) is 0 Å². The monoisotopic (exact) mass is 235 g/mol. The molecule has 1 aromatic heterocycles. The van der Waals surface area contributed by atoms with E-state index in [1.54, 1.807) is 0 Å². The highest BCUT2D eigenvalue weighted by molar-refractivity contribution is 5.92. The van der Waals surface area contributed by atoms with E-state index in [1.807, 2.05) is 0 Å². The van der Waals surface area contributed by atoms with Gasteiger partial charge in [-0.15, -0.1) is 0 Å². The average molecular weight is 235 g/mol. The van der Waals surface area contributed by atoms with Gasteiger partial charge < -0.3 is 15.4 Å². The quantitative estimate of drug-likeness (QED) is 0.544. The Balaban J connectivity index is 1.76. The highest BCUT2D eigenvalue weighted by Crippen LogP contribution is 2.24. The molecule has 17 heavy (non-hydrogen) atoms. The lowest BCUT2D eigenvalue weighted by Gasteiger charge is -2.15. The van der Waals surface area contributed by atoms with Crippen molar-refractivity contribution < 1.29 is 4.74 Å². The number of nitrogens with one attached hydrogen (secondary N) is 1. The van der Waals surface area contributed by atoms with Gasteiger partial charge >= 0.3 is 0 Å². The van der Waals surface area contributed by atoms with E-state index in [2.05, 4.69) is 21.9 Å². The van der Waals surface area contributed by atoms with Gasteiger partial charge in [-0.25, -0.2) is 9.97 Å². The number of nitrogens with two attached hydrogens (primary N) is 1. The van der Waals surface area contributed by atoms with Crippen molar-refractivity contribution >= 4 is 5.84 Å². The zero-order valence-electron chi connectivity index (χ0n) is 9.89. The van der Waals surface area contributed by atoms with Gasteiger partial charge in [-0.05, 0) is 19.9 Å². The molecule has 0 radical (unpaired) electrons. The van der Waals surface area contributed by atoms with Crippen LogP contribution in [0.4, 0.5) is 0 Å². The summed E-state index contributed by atoms with van der Waals surface area (Å²) < 4.78 is 5.46. The third-order valence-corrected chi connectivity index (χ3v) is 2.77. The number of amidine groups is 1. The topological polar surface area (TPSA) is 88.1 Å². The molecule has 1 saturated carbocycles. The molecular formula is C11H17N5O. The number of likely N-dealkylation sites (N-methyl/N-ethyl adjacent to an activating group) is 1. The van der Waals surface area contributed by atoms with Gasteiger partial charge in [0, 0.05) is 12.6 Å². The average Bonchev–Trinajstić information content (AvgIpc) is 3.13. The molecule has 6 nitrogen and oxygen atoms in total. The molecular weight excluding hydrogens is 218 g/mol.